The molecule has 8 atom stereocenters. The number of hydrogen-bond acceptors (Lipinski definition) is 7. The van der Waals surface area contributed by atoms with E-state index in [1.165, 1.54) is 0 Å². The second-order valence-electron chi connectivity index (χ2n) is 12.1. The summed E-state index contributed by atoms with van der Waals surface area (Å²) in [4.78, 5) is 38.3. The average molecular weight is 511 g/mol. The van der Waals surface area contributed by atoms with Gasteiger partial charge in [0, 0.05) is 29.6 Å². The van der Waals surface area contributed by atoms with E-state index >= 15 is 0 Å². The molecule has 4 aliphatic rings. The molecule has 3 N–H and O–H groups in total. The number of Topliss-reactive ketones (excluding diaryl/α,β-unsaturated/α-hetero) is 1. The number of benzene rings is 1. The van der Waals surface area contributed by atoms with Crippen molar-refractivity contribution in [2.75, 3.05) is 6.61 Å². The van der Waals surface area contributed by atoms with Gasteiger partial charge < -0.3 is 20.1 Å². The molecule has 1 aromatic rings. The lowest BCUT2D eigenvalue weighted by Gasteiger charge is -2.61. The van der Waals surface area contributed by atoms with Crippen molar-refractivity contribution < 1.29 is 34.4 Å². The first-order chi connectivity index (χ1) is 17.5. The highest BCUT2D eigenvalue weighted by molar-refractivity contribution is 5.92. The number of ether oxygens (including phenoxy) is 1. The van der Waals surface area contributed by atoms with Crippen molar-refractivity contribution in [3.05, 3.63) is 47.5 Å². The summed E-state index contributed by atoms with van der Waals surface area (Å²) >= 11 is 0. The van der Waals surface area contributed by atoms with Gasteiger partial charge in [-0.25, -0.2) is 0 Å². The van der Waals surface area contributed by atoms with E-state index in [-0.39, 0.29) is 55.2 Å². The lowest BCUT2D eigenvalue weighted by molar-refractivity contribution is -0.197. The van der Waals surface area contributed by atoms with Gasteiger partial charge in [-0.2, -0.15) is 0 Å². The molecule has 37 heavy (non-hydrogen) atoms. The molecule has 0 saturated heterocycles. The van der Waals surface area contributed by atoms with Crippen LogP contribution in [0.15, 0.2) is 42.0 Å². The molecule has 0 heterocycles. The van der Waals surface area contributed by atoms with Crippen LogP contribution in [-0.2, 0) is 25.5 Å². The number of aryl methyl sites for hydroxylation is 1. The van der Waals surface area contributed by atoms with Gasteiger partial charge in [-0.1, -0.05) is 49.8 Å². The van der Waals surface area contributed by atoms with Gasteiger partial charge in [-0.05, 0) is 62.0 Å². The van der Waals surface area contributed by atoms with Gasteiger partial charge in [0.25, 0.3) is 0 Å². The van der Waals surface area contributed by atoms with E-state index in [9.17, 15) is 29.7 Å². The molecule has 3 saturated carbocycles. The molecule has 0 spiro atoms. The van der Waals surface area contributed by atoms with Crippen LogP contribution >= 0.6 is 0 Å². The van der Waals surface area contributed by atoms with E-state index in [0.717, 1.165) is 17.6 Å². The fraction of sp³-hybridized carbons (Fsp3) is 0.633. The summed E-state index contributed by atoms with van der Waals surface area (Å²) in [5.41, 5.74) is -1.26. The van der Waals surface area contributed by atoms with E-state index < -0.39 is 41.0 Å². The Hall–Kier alpha value is -2.35. The topological polar surface area (TPSA) is 121 Å². The van der Waals surface area contributed by atoms with E-state index in [1.807, 2.05) is 44.2 Å². The molecule has 4 aliphatic carbocycles. The zero-order chi connectivity index (χ0) is 26.6. The van der Waals surface area contributed by atoms with Gasteiger partial charge in [-0.3, -0.25) is 14.4 Å². The molecule has 0 radical (unpaired) electrons. The number of esters is 1. The Morgan fingerprint density at radius 1 is 1.14 bits per heavy atom. The number of carbonyl (C=O) groups is 3. The number of ketones is 2. The molecule has 0 amide bonds. The summed E-state index contributed by atoms with van der Waals surface area (Å²) in [5, 5.41) is 32.6. The number of rotatable bonds is 6. The van der Waals surface area contributed by atoms with Crippen molar-refractivity contribution in [3.63, 3.8) is 0 Å². The Morgan fingerprint density at radius 2 is 1.86 bits per heavy atom. The summed E-state index contributed by atoms with van der Waals surface area (Å²) in [5.74, 6) is -1.30. The van der Waals surface area contributed by atoms with Gasteiger partial charge in [0.2, 0.25) is 0 Å². The van der Waals surface area contributed by atoms with Crippen LogP contribution in [-0.4, -0.2) is 57.3 Å². The highest BCUT2D eigenvalue weighted by Gasteiger charge is 2.69. The third-order valence-corrected chi connectivity index (χ3v) is 10.5. The second-order valence-corrected chi connectivity index (χ2v) is 12.1. The van der Waals surface area contributed by atoms with Crippen molar-refractivity contribution in [3.8, 4) is 0 Å². The average Bonchev–Trinajstić information content (AvgIpc) is 3.14. The van der Waals surface area contributed by atoms with Crippen molar-refractivity contribution in [1.82, 2.24) is 0 Å². The SMILES string of the molecule is C[C@]12C[C@H](O)[C@H]3[C@@H](CCC4=CC(=O)CC(OC(=O)CCc5ccccc5)[C@@]43C)[C@@H]1CC[C@]2(O)C(=O)CO. The highest BCUT2D eigenvalue weighted by Crippen LogP contribution is 2.67. The zero-order valence-electron chi connectivity index (χ0n) is 21.7. The minimum atomic E-state index is -1.67. The molecule has 0 aromatic heterocycles. The van der Waals surface area contributed by atoms with Gasteiger partial charge in [0.1, 0.15) is 18.3 Å². The number of hydrogen-bond donors (Lipinski definition) is 3. The molecule has 0 aliphatic heterocycles. The monoisotopic (exact) mass is 510 g/mol. The van der Waals surface area contributed by atoms with Crippen LogP contribution < -0.4 is 0 Å². The lowest BCUT2D eigenvalue weighted by atomic mass is 9.44. The number of aliphatic hydroxyl groups excluding tert-OH is 2. The third kappa shape index (κ3) is 4.01. The predicted octanol–water partition coefficient (Wildman–Crippen LogP) is 2.94. The predicted molar refractivity (Wildman–Crippen MR) is 135 cm³/mol. The Bertz CT molecular complexity index is 1110. The molecule has 1 unspecified atom stereocenters. The number of fused-ring (bicyclic) bond motifs is 5. The van der Waals surface area contributed by atoms with Crippen LogP contribution in [0.1, 0.15) is 64.4 Å². The Kier molecular flexibility index (Phi) is 6.70. The van der Waals surface area contributed by atoms with Crippen LogP contribution in [0.5, 0.6) is 0 Å². The van der Waals surface area contributed by atoms with Gasteiger partial charge >= 0.3 is 5.97 Å². The summed E-state index contributed by atoms with van der Waals surface area (Å²) in [6, 6.07) is 9.71. The molecular weight excluding hydrogens is 472 g/mol. The standard InChI is InChI=1S/C30H38O7/c1-28-16-23(33)27-21(22(28)12-13-30(28,36)24(34)17-31)10-9-19-14-20(32)15-25(29(19,27)2)37-26(35)11-8-18-6-4-3-5-7-18/h3-7,14,21-23,25,27,31,33,36H,8-13,15-17H2,1-2H3/t21-,22-,23-,25?,27+,28-,29+,30-/m0/s1. The van der Waals surface area contributed by atoms with E-state index in [2.05, 4.69) is 0 Å². The molecule has 7 nitrogen and oxygen atoms in total. The first-order valence-electron chi connectivity index (χ1n) is 13.6. The summed E-state index contributed by atoms with van der Waals surface area (Å²) in [7, 11) is 0. The van der Waals surface area contributed by atoms with Crippen molar-refractivity contribution in [1.29, 1.82) is 0 Å². The Labute approximate surface area is 217 Å². The van der Waals surface area contributed by atoms with Crippen LogP contribution in [0.4, 0.5) is 0 Å². The molecule has 7 heteroatoms. The maximum absolute atomic E-state index is 13.0. The van der Waals surface area contributed by atoms with E-state index in [4.69, 9.17) is 4.74 Å². The first kappa shape index (κ1) is 26.3. The third-order valence-electron chi connectivity index (χ3n) is 10.5. The molecule has 200 valence electrons. The van der Waals surface area contributed by atoms with Crippen molar-refractivity contribution >= 4 is 17.5 Å². The van der Waals surface area contributed by atoms with Crippen molar-refractivity contribution in [2.45, 2.75) is 83.0 Å². The first-order valence-corrected chi connectivity index (χ1v) is 13.6. The number of aliphatic hydroxyl groups is 3. The van der Waals surface area contributed by atoms with Crippen LogP contribution in [0.2, 0.25) is 0 Å². The molecule has 0 bridgehead atoms. The van der Waals surface area contributed by atoms with E-state index in [0.29, 0.717) is 19.3 Å². The highest BCUT2D eigenvalue weighted by atomic mass is 16.5. The normalized spacial score (nSPS) is 40.7. The fourth-order valence-electron chi connectivity index (χ4n) is 8.57. The summed E-state index contributed by atoms with van der Waals surface area (Å²) in [6.45, 7) is 3.16. The van der Waals surface area contributed by atoms with Gasteiger partial charge in [0.15, 0.2) is 11.6 Å². The van der Waals surface area contributed by atoms with Crippen molar-refractivity contribution in [2.24, 2.45) is 28.6 Å². The second kappa shape index (κ2) is 9.44. The smallest absolute Gasteiger partial charge is 0.306 e. The minimum absolute atomic E-state index is 0.00450. The lowest BCUT2D eigenvalue weighted by Crippen LogP contribution is -2.64. The fourth-order valence-corrected chi connectivity index (χ4v) is 8.57. The molecule has 1 aromatic carbocycles. The van der Waals surface area contributed by atoms with E-state index in [1.54, 1.807) is 6.08 Å². The largest absolute Gasteiger partial charge is 0.461 e. The zero-order valence-corrected chi connectivity index (χ0v) is 21.7. The van der Waals surface area contributed by atoms with Crippen LogP contribution in [0.25, 0.3) is 0 Å². The molecule has 5 rings (SSSR count). The molecular formula is C30H38O7. The summed E-state index contributed by atoms with van der Waals surface area (Å²) < 4.78 is 6.04. The molecule has 3 fully saturated rings. The van der Waals surface area contributed by atoms with Gasteiger partial charge in [0.05, 0.1) is 6.10 Å². The Balaban J connectivity index is 1.42. The minimum Gasteiger partial charge on any atom is -0.461 e. The van der Waals surface area contributed by atoms with Crippen LogP contribution in [0, 0.1) is 28.6 Å². The summed E-state index contributed by atoms with van der Waals surface area (Å²) in [6.07, 6.45) is 3.48. The Morgan fingerprint density at radius 3 is 2.57 bits per heavy atom. The van der Waals surface area contributed by atoms with Gasteiger partial charge in [-0.15, -0.1) is 0 Å². The number of carbonyl (C=O) groups excluding carboxylic acids is 3. The maximum Gasteiger partial charge on any atom is 0.306 e. The van der Waals surface area contributed by atoms with Crippen LogP contribution in [0.3, 0.4) is 0 Å². The maximum atomic E-state index is 13.0. The quantitative estimate of drug-likeness (QED) is 0.503.